The van der Waals surface area contributed by atoms with Crippen molar-refractivity contribution >= 4 is 17.5 Å². The number of hydrogen-bond donors (Lipinski definition) is 2. The van der Waals surface area contributed by atoms with Gasteiger partial charge in [-0.05, 0) is 26.2 Å². The van der Waals surface area contributed by atoms with E-state index >= 15 is 0 Å². The maximum Gasteiger partial charge on any atom is 0.421 e. The van der Waals surface area contributed by atoms with E-state index in [1.54, 1.807) is 17.8 Å². The van der Waals surface area contributed by atoms with Crippen LogP contribution < -0.4 is 10.6 Å². The molecule has 0 aromatic carbocycles. The molecular formula is C20H27F4N7O. The minimum absolute atomic E-state index is 0.000338. The molecule has 4 heterocycles. The number of piperidine rings is 1. The fraction of sp³-hybridized carbons (Fsp3) is 0.650. The summed E-state index contributed by atoms with van der Waals surface area (Å²) in [5, 5.41) is 9.73. The van der Waals surface area contributed by atoms with Crippen LogP contribution in [-0.4, -0.2) is 69.7 Å². The van der Waals surface area contributed by atoms with E-state index in [1.165, 1.54) is 6.20 Å². The van der Waals surface area contributed by atoms with Crippen molar-refractivity contribution in [2.75, 3.05) is 43.5 Å². The van der Waals surface area contributed by atoms with Crippen LogP contribution in [0.5, 0.6) is 0 Å². The highest BCUT2D eigenvalue weighted by Crippen LogP contribution is 2.34. The number of nitrogens with one attached hydrogen (secondary N) is 2. The zero-order chi connectivity index (χ0) is 22.7. The first-order valence-corrected chi connectivity index (χ1v) is 10.8. The Kier molecular flexibility index (Phi) is 6.79. The molecule has 0 unspecified atom stereocenters. The summed E-state index contributed by atoms with van der Waals surface area (Å²) in [4.78, 5) is 9.91. The van der Waals surface area contributed by atoms with Gasteiger partial charge in [-0.25, -0.2) is 9.37 Å². The third-order valence-electron chi connectivity index (χ3n) is 5.88. The molecular weight excluding hydrogens is 430 g/mol. The Morgan fingerprint density at radius 1 is 1.19 bits per heavy atom. The average molecular weight is 457 g/mol. The number of ether oxygens (including phenoxy) is 1. The molecule has 2 saturated heterocycles. The summed E-state index contributed by atoms with van der Waals surface area (Å²) < 4.78 is 61.3. The standard InChI is InChI=1S/C20H27F4N7O/c1-2-25-18-15(20(22,23)24)10-26-19(29-18)28-13-9-27-31(11-13)17-3-6-30(12-16(17)21)14-4-7-32-8-5-14/h9-11,14,16-17H,2-8,12H2,1H3,(H2,25,26,28,29)/t16-,17-/m1/s1. The summed E-state index contributed by atoms with van der Waals surface area (Å²) in [5.41, 5.74) is -0.455. The van der Waals surface area contributed by atoms with Crippen LogP contribution in [-0.2, 0) is 10.9 Å². The number of anilines is 3. The lowest BCUT2D eigenvalue weighted by Crippen LogP contribution is -2.49. The number of halogens is 4. The molecule has 2 aromatic heterocycles. The van der Waals surface area contributed by atoms with Gasteiger partial charge >= 0.3 is 6.18 Å². The maximum absolute atomic E-state index is 15.0. The van der Waals surface area contributed by atoms with E-state index < -0.39 is 24.0 Å². The summed E-state index contributed by atoms with van der Waals surface area (Å²) in [6, 6.07) is -0.0342. The summed E-state index contributed by atoms with van der Waals surface area (Å²) in [6.07, 6.45) is 0.714. The molecule has 0 amide bonds. The molecule has 0 radical (unpaired) electrons. The minimum Gasteiger partial charge on any atom is -0.381 e. The van der Waals surface area contributed by atoms with E-state index in [0.29, 0.717) is 24.7 Å². The Bertz CT molecular complexity index is 900. The lowest BCUT2D eigenvalue weighted by atomic mass is 9.98. The van der Waals surface area contributed by atoms with Crippen LogP contribution in [0, 0.1) is 0 Å². The third-order valence-corrected chi connectivity index (χ3v) is 5.88. The molecule has 2 aliphatic heterocycles. The van der Waals surface area contributed by atoms with Crippen molar-refractivity contribution in [3.05, 3.63) is 24.2 Å². The zero-order valence-corrected chi connectivity index (χ0v) is 17.8. The first kappa shape index (κ1) is 22.7. The largest absolute Gasteiger partial charge is 0.421 e. The summed E-state index contributed by atoms with van der Waals surface area (Å²) in [7, 11) is 0. The van der Waals surface area contributed by atoms with Crippen LogP contribution in [0.1, 0.15) is 37.8 Å². The number of rotatable bonds is 6. The molecule has 2 aliphatic rings. The van der Waals surface area contributed by atoms with Crippen LogP contribution in [0.3, 0.4) is 0 Å². The molecule has 2 atom stereocenters. The van der Waals surface area contributed by atoms with Crippen molar-refractivity contribution < 1.29 is 22.3 Å². The molecule has 32 heavy (non-hydrogen) atoms. The average Bonchev–Trinajstić information content (AvgIpc) is 3.22. The van der Waals surface area contributed by atoms with Gasteiger partial charge in [0.25, 0.3) is 0 Å². The Hall–Kier alpha value is -2.47. The van der Waals surface area contributed by atoms with E-state index in [-0.39, 0.29) is 18.3 Å². The van der Waals surface area contributed by atoms with Gasteiger partial charge in [-0.2, -0.15) is 23.3 Å². The Labute approximate surface area is 183 Å². The number of aromatic nitrogens is 4. The monoisotopic (exact) mass is 457 g/mol. The second kappa shape index (κ2) is 9.57. The zero-order valence-electron chi connectivity index (χ0n) is 17.8. The molecule has 4 rings (SSSR count). The quantitative estimate of drug-likeness (QED) is 0.642. The van der Waals surface area contributed by atoms with Gasteiger partial charge in [0, 0.05) is 51.3 Å². The minimum atomic E-state index is -4.56. The predicted octanol–water partition coefficient (Wildman–Crippen LogP) is 3.63. The molecule has 0 aliphatic carbocycles. The molecule has 2 N–H and O–H groups in total. The van der Waals surface area contributed by atoms with Gasteiger partial charge in [-0.1, -0.05) is 0 Å². The number of likely N-dealkylation sites (tertiary alicyclic amines) is 1. The highest BCUT2D eigenvalue weighted by atomic mass is 19.4. The Morgan fingerprint density at radius 2 is 1.97 bits per heavy atom. The molecule has 0 bridgehead atoms. The SMILES string of the molecule is CCNc1nc(Nc2cnn([C@@H]3CCN(C4CCOCC4)C[C@H]3F)c2)ncc1C(F)(F)F. The van der Waals surface area contributed by atoms with Gasteiger partial charge in [0.1, 0.15) is 17.6 Å². The second-order valence-electron chi connectivity index (χ2n) is 8.03. The van der Waals surface area contributed by atoms with Crippen molar-refractivity contribution in [1.29, 1.82) is 0 Å². The van der Waals surface area contributed by atoms with E-state index in [2.05, 4.69) is 30.6 Å². The van der Waals surface area contributed by atoms with Gasteiger partial charge in [-0.3, -0.25) is 9.58 Å². The summed E-state index contributed by atoms with van der Waals surface area (Å²) >= 11 is 0. The van der Waals surface area contributed by atoms with Gasteiger partial charge < -0.3 is 15.4 Å². The van der Waals surface area contributed by atoms with Gasteiger partial charge in [-0.15, -0.1) is 0 Å². The lowest BCUT2D eigenvalue weighted by Gasteiger charge is -2.40. The Morgan fingerprint density at radius 3 is 2.66 bits per heavy atom. The smallest absolute Gasteiger partial charge is 0.381 e. The summed E-state index contributed by atoms with van der Waals surface area (Å²) in [5.74, 6) is -0.297. The van der Waals surface area contributed by atoms with Crippen LogP contribution in [0.4, 0.5) is 35.0 Å². The van der Waals surface area contributed by atoms with Crippen LogP contribution >= 0.6 is 0 Å². The van der Waals surface area contributed by atoms with Crippen LogP contribution in [0.15, 0.2) is 18.6 Å². The number of alkyl halides is 4. The van der Waals surface area contributed by atoms with Gasteiger partial charge in [0.15, 0.2) is 0 Å². The Balaban J connectivity index is 1.41. The molecule has 2 aromatic rings. The molecule has 12 heteroatoms. The van der Waals surface area contributed by atoms with E-state index in [1.807, 2.05) is 0 Å². The fourth-order valence-corrected chi connectivity index (χ4v) is 4.26. The van der Waals surface area contributed by atoms with Crippen molar-refractivity contribution in [2.45, 2.75) is 50.6 Å². The number of nitrogens with zero attached hydrogens (tertiary/aromatic N) is 5. The lowest BCUT2D eigenvalue weighted by molar-refractivity contribution is -0.137. The van der Waals surface area contributed by atoms with Crippen LogP contribution in [0.2, 0.25) is 0 Å². The topological polar surface area (TPSA) is 80.1 Å². The molecule has 2 fully saturated rings. The fourth-order valence-electron chi connectivity index (χ4n) is 4.26. The number of hydrogen-bond acceptors (Lipinski definition) is 7. The molecule has 0 spiro atoms. The molecule has 176 valence electrons. The second-order valence-corrected chi connectivity index (χ2v) is 8.03. The van der Waals surface area contributed by atoms with Crippen molar-refractivity contribution in [2.24, 2.45) is 0 Å². The van der Waals surface area contributed by atoms with Gasteiger partial charge in [0.05, 0.1) is 17.9 Å². The van der Waals surface area contributed by atoms with Crippen molar-refractivity contribution in [3.63, 3.8) is 0 Å². The van der Waals surface area contributed by atoms with Crippen LogP contribution in [0.25, 0.3) is 0 Å². The van der Waals surface area contributed by atoms with E-state index in [0.717, 1.165) is 38.8 Å². The summed E-state index contributed by atoms with van der Waals surface area (Å²) in [6.45, 7) is 4.54. The molecule has 8 nitrogen and oxygen atoms in total. The highest BCUT2D eigenvalue weighted by molar-refractivity contribution is 5.55. The normalized spacial score (nSPS) is 23.3. The first-order chi connectivity index (χ1) is 15.3. The third kappa shape index (κ3) is 5.12. The highest BCUT2D eigenvalue weighted by Gasteiger charge is 2.36. The maximum atomic E-state index is 15.0. The first-order valence-electron chi connectivity index (χ1n) is 10.8. The van der Waals surface area contributed by atoms with E-state index in [9.17, 15) is 17.6 Å². The predicted molar refractivity (Wildman–Crippen MR) is 111 cm³/mol. The van der Waals surface area contributed by atoms with Crippen molar-refractivity contribution in [1.82, 2.24) is 24.6 Å². The van der Waals surface area contributed by atoms with E-state index in [4.69, 9.17) is 4.74 Å². The van der Waals surface area contributed by atoms with Crippen molar-refractivity contribution in [3.8, 4) is 0 Å². The van der Waals surface area contributed by atoms with Gasteiger partial charge in [0.2, 0.25) is 5.95 Å². The molecule has 0 saturated carbocycles.